The molecule has 0 bridgehead atoms. The number of anilines is 1. The molecule has 0 saturated carbocycles. The van der Waals surface area contributed by atoms with E-state index in [1.54, 1.807) is 0 Å². The van der Waals surface area contributed by atoms with E-state index in [9.17, 15) is 4.79 Å². The number of nitrogens with one attached hydrogen (secondary N) is 2. The molecule has 35 heavy (non-hydrogen) atoms. The summed E-state index contributed by atoms with van der Waals surface area (Å²) in [6.07, 6.45) is 2.90. The number of benzene rings is 3. The summed E-state index contributed by atoms with van der Waals surface area (Å²) in [6.45, 7) is 5.06. The molecule has 2 N–H and O–H groups in total. The third-order valence-electron chi connectivity index (χ3n) is 5.32. The van der Waals surface area contributed by atoms with E-state index in [2.05, 4.69) is 99.1 Å². The van der Waals surface area contributed by atoms with Crippen molar-refractivity contribution in [2.24, 2.45) is 0 Å². The minimum absolute atomic E-state index is 0.0929. The highest BCUT2D eigenvalue weighted by Gasteiger charge is 2.27. The molecule has 1 heterocycles. The Kier molecular flexibility index (Phi) is 9.23. The van der Waals surface area contributed by atoms with E-state index in [1.165, 1.54) is 20.9 Å². The molecule has 0 spiro atoms. The lowest BCUT2D eigenvalue weighted by molar-refractivity contribution is -0.116. The van der Waals surface area contributed by atoms with Crippen LogP contribution in [0.1, 0.15) is 30.5 Å². The Morgan fingerprint density at radius 2 is 1.71 bits per heavy atom. The zero-order chi connectivity index (χ0) is 24.8. The average Bonchev–Trinajstić information content (AvgIpc) is 3.18. The first-order chi connectivity index (χ1) is 16.9. The van der Waals surface area contributed by atoms with Crippen LogP contribution >= 0.6 is 56.9 Å². The second-order valence-corrected chi connectivity index (χ2v) is 11.4. The number of carbonyl (C=O) groups is 1. The summed E-state index contributed by atoms with van der Waals surface area (Å²) in [7, 11) is 0. The predicted octanol–water partition coefficient (Wildman–Crippen LogP) is 7.04. The van der Waals surface area contributed by atoms with Gasteiger partial charge in [-0.2, -0.15) is 0 Å². The summed E-state index contributed by atoms with van der Waals surface area (Å²) >= 11 is 6.02. The molecule has 5 nitrogen and oxygen atoms in total. The van der Waals surface area contributed by atoms with Gasteiger partial charge >= 0.3 is 0 Å². The van der Waals surface area contributed by atoms with Crippen LogP contribution in [0.2, 0.25) is 0 Å². The molecule has 1 atom stereocenters. The molecular formula is C27H26I2N2O3S. The Morgan fingerprint density at radius 3 is 2.40 bits per heavy atom. The van der Waals surface area contributed by atoms with Crippen molar-refractivity contribution in [2.45, 2.75) is 32.4 Å². The molecule has 0 radical (unpaired) electrons. The van der Waals surface area contributed by atoms with Crippen LogP contribution < -0.4 is 20.1 Å². The van der Waals surface area contributed by atoms with Gasteiger partial charge in [-0.05, 0) is 118 Å². The largest absolute Gasteiger partial charge is 0.490 e. The van der Waals surface area contributed by atoms with Crippen molar-refractivity contribution in [3.8, 4) is 11.5 Å². The Labute approximate surface area is 237 Å². The lowest BCUT2D eigenvalue weighted by atomic mass is 10.1. The van der Waals surface area contributed by atoms with Crippen molar-refractivity contribution in [2.75, 3.05) is 11.9 Å². The molecule has 0 aromatic heterocycles. The van der Waals surface area contributed by atoms with Crippen molar-refractivity contribution < 1.29 is 14.3 Å². The average molecular weight is 712 g/mol. The highest BCUT2D eigenvalue weighted by Crippen LogP contribution is 2.37. The Balaban J connectivity index is 1.48. The van der Waals surface area contributed by atoms with Gasteiger partial charge in [0.1, 0.15) is 6.61 Å². The predicted molar refractivity (Wildman–Crippen MR) is 161 cm³/mol. The molecule has 1 aliphatic heterocycles. The van der Waals surface area contributed by atoms with Crippen molar-refractivity contribution in [3.63, 3.8) is 0 Å². The number of thioether (sulfide) groups is 1. The van der Waals surface area contributed by atoms with Gasteiger partial charge in [0.2, 0.25) is 0 Å². The molecule has 182 valence electrons. The van der Waals surface area contributed by atoms with Crippen LogP contribution in [-0.4, -0.2) is 18.0 Å². The first kappa shape index (κ1) is 26.2. The fraction of sp³-hybridized carbons (Fsp3) is 0.222. The molecule has 4 rings (SSSR count). The summed E-state index contributed by atoms with van der Waals surface area (Å²) in [5, 5.41) is 6.37. The van der Waals surface area contributed by atoms with Gasteiger partial charge in [0.15, 0.2) is 17.0 Å². The minimum Gasteiger partial charge on any atom is -0.490 e. The maximum atomic E-state index is 12.6. The van der Waals surface area contributed by atoms with E-state index in [0.29, 0.717) is 29.6 Å². The van der Waals surface area contributed by atoms with Crippen molar-refractivity contribution in [1.82, 2.24) is 5.32 Å². The van der Waals surface area contributed by atoms with E-state index >= 15 is 0 Å². The van der Waals surface area contributed by atoms with Crippen LogP contribution in [-0.2, 0) is 17.8 Å². The number of hydrogen-bond acceptors (Lipinski definition) is 5. The number of hydrogen-bond donors (Lipinski definition) is 2. The summed E-state index contributed by atoms with van der Waals surface area (Å²) in [6, 6.07) is 20.5. The number of carbonyl (C=O) groups excluding carboxylic acids is 1. The first-order valence-electron chi connectivity index (χ1n) is 11.3. The molecule has 1 fully saturated rings. The fourth-order valence-corrected chi connectivity index (χ4v) is 5.64. The Bertz CT molecular complexity index is 1210. The van der Waals surface area contributed by atoms with E-state index in [-0.39, 0.29) is 11.4 Å². The van der Waals surface area contributed by atoms with E-state index < -0.39 is 0 Å². The van der Waals surface area contributed by atoms with Crippen LogP contribution in [0.3, 0.4) is 0 Å². The van der Waals surface area contributed by atoms with Crippen LogP contribution in [0.4, 0.5) is 5.69 Å². The second-order valence-electron chi connectivity index (χ2n) is 7.85. The van der Waals surface area contributed by atoms with Gasteiger partial charge in [-0.3, -0.25) is 4.79 Å². The van der Waals surface area contributed by atoms with Crippen molar-refractivity contribution in [3.05, 3.63) is 89.4 Å². The summed E-state index contributed by atoms with van der Waals surface area (Å²) in [5.74, 6) is 1.29. The third kappa shape index (κ3) is 7.07. The zero-order valence-corrected chi connectivity index (χ0v) is 24.6. The highest BCUT2D eigenvalue weighted by atomic mass is 127. The monoisotopic (exact) mass is 712 g/mol. The first-order valence-corrected chi connectivity index (χ1v) is 14.4. The fourth-order valence-electron chi connectivity index (χ4n) is 3.52. The molecule has 1 amide bonds. The maximum Gasteiger partial charge on any atom is 0.260 e. The Hall–Kier alpha value is -1.92. The van der Waals surface area contributed by atoms with Crippen LogP contribution in [0.25, 0.3) is 6.08 Å². The molecule has 0 aliphatic carbocycles. The van der Waals surface area contributed by atoms with E-state index in [0.717, 1.165) is 26.8 Å². The van der Waals surface area contributed by atoms with Crippen LogP contribution in [0.5, 0.6) is 11.5 Å². The van der Waals surface area contributed by atoms with Gasteiger partial charge in [-0.15, -0.1) is 0 Å². The molecule has 1 saturated heterocycles. The second kappa shape index (κ2) is 12.4. The third-order valence-corrected chi connectivity index (χ3v) is 7.87. The normalized spacial score (nSPS) is 16.3. The molecule has 0 unspecified atom stereocenters. The summed E-state index contributed by atoms with van der Waals surface area (Å²) in [5.41, 5.74) is 4.03. The molecule has 3 aromatic rings. The van der Waals surface area contributed by atoms with Gasteiger partial charge in [-0.1, -0.05) is 43.0 Å². The number of halogens is 2. The Morgan fingerprint density at radius 1 is 1.00 bits per heavy atom. The molecule has 3 aromatic carbocycles. The van der Waals surface area contributed by atoms with Gasteiger partial charge in [0.25, 0.3) is 5.91 Å². The van der Waals surface area contributed by atoms with Crippen molar-refractivity contribution >= 4 is 74.6 Å². The highest BCUT2D eigenvalue weighted by molar-refractivity contribution is 14.1. The SMILES string of the molecule is CCOc1cc(/C=C2\S[C@H](Nc3ccc(CC)cc3)NC2=O)cc(I)c1OCc1ccc(I)cc1. The van der Waals surface area contributed by atoms with Gasteiger partial charge in [0.05, 0.1) is 15.1 Å². The molecule has 8 heteroatoms. The van der Waals surface area contributed by atoms with Gasteiger partial charge in [0, 0.05) is 9.26 Å². The molecule has 1 aliphatic rings. The topological polar surface area (TPSA) is 59.6 Å². The van der Waals surface area contributed by atoms with Gasteiger partial charge in [-0.25, -0.2) is 0 Å². The van der Waals surface area contributed by atoms with Gasteiger partial charge < -0.3 is 20.1 Å². The van der Waals surface area contributed by atoms with E-state index in [1.807, 2.05) is 37.3 Å². The lowest BCUT2D eigenvalue weighted by Gasteiger charge is -2.15. The molecular weight excluding hydrogens is 686 g/mol. The number of aryl methyl sites for hydroxylation is 1. The van der Waals surface area contributed by atoms with Crippen LogP contribution in [0.15, 0.2) is 65.6 Å². The standard InChI is InChI=1S/C27H26I2N2O3S/c1-3-17-7-11-21(12-8-17)30-27-31-26(32)24(35-27)15-19-13-22(29)25(23(14-19)33-4-2)34-16-18-5-9-20(28)10-6-18/h5-15,27,30H,3-4,16H2,1-2H3,(H,31,32)/b24-15-/t27-/m1/s1. The van der Waals surface area contributed by atoms with Crippen LogP contribution in [0, 0.1) is 7.14 Å². The lowest BCUT2D eigenvalue weighted by Crippen LogP contribution is -2.30. The maximum absolute atomic E-state index is 12.6. The van der Waals surface area contributed by atoms with Crippen molar-refractivity contribution in [1.29, 1.82) is 0 Å². The van der Waals surface area contributed by atoms with E-state index in [4.69, 9.17) is 9.47 Å². The summed E-state index contributed by atoms with van der Waals surface area (Å²) in [4.78, 5) is 13.3. The number of ether oxygens (including phenoxy) is 2. The minimum atomic E-state index is -0.219. The summed E-state index contributed by atoms with van der Waals surface area (Å²) < 4.78 is 14.2. The zero-order valence-electron chi connectivity index (χ0n) is 19.4. The smallest absolute Gasteiger partial charge is 0.260 e. The number of amides is 1. The quantitative estimate of drug-likeness (QED) is 0.184. The number of rotatable bonds is 9.